The fraction of sp³-hybridized carbons (Fsp3) is 0.400. The lowest BCUT2D eigenvalue weighted by Crippen LogP contribution is -2.30. The van der Waals surface area contributed by atoms with Crippen LogP contribution in [0.25, 0.3) is 5.65 Å². The number of carboxylic acids is 1. The quantitative estimate of drug-likeness (QED) is 0.906. The van der Waals surface area contributed by atoms with Gasteiger partial charge in [0.05, 0.1) is 5.92 Å². The predicted octanol–water partition coefficient (Wildman–Crippen LogP) is 1.44. The highest BCUT2D eigenvalue weighted by Gasteiger charge is 2.37. The zero-order valence-corrected chi connectivity index (χ0v) is 12.0. The summed E-state index contributed by atoms with van der Waals surface area (Å²) in [5.41, 5.74) is 2.08. The lowest BCUT2D eigenvalue weighted by molar-refractivity contribution is -0.142. The molecule has 1 aliphatic heterocycles. The highest BCUT2D eigenvalue weighted by molar-refractivity contribution is 5.93. The van der Waals surface area contributed by atoms with Gasteiger partial charge in [0.15, 0.2) is 0 Å². The average Bonchev–Trinajstić information content (AvgIpc) is 3.02. The van der Waals surface area contributed by atoms with Crippen molar-refractivity contribution in [3.63, 3.8) is 0 Å². The van der Waals surface area contributed by atoms with Gasteiger partial charge in [-0.2, -0.15) is 0 Å². The van der Waals surface area contributed by atoms with E-state index >= 15 is 0 Å². The molecule has 1 N–H and O–H groups in total. The van der Waals surface area contributed by atoms with Crippen molar-refractivity contribution >= 4 is 17.5 Å². The van der Waals surface area contributed by atoms with Gasteiger partial charge >= 0.3 is 5.97 Å². The van der Waals surface area contributed by atoms with Crippen LogP contribution in [0, 0.1) is 18.8 Å². The van der Waals surface area contributed by atoms with Crippen molar-refractivity contribution in [1.82, 2.24) is 14.3 Å². The second-order valence-electron chi connectivity index (χ2n) is 5.65. The third-order valence-electron chi connectivity index (χ3n) is 4.13. The van der Waals surface area contributed by atoms with E-state index in [2.05, 4.69) is 4.98 Å². The lowest BCUT2D eigenvalue weighted by atomic mass is 9.99. The number of likely N-dealkylation sites (tertiary alicyclic amines) is 1. The van der Waals surface area contributed by atoms with E-state index < -0.39 is 11.9 Å². The van der Waals surface area contributed by atoms with Crippen LogP contribution < -0.4 is 0 Å². The summed E-state index contributed by atoms with van der Waals surface area (Å²) in [6.07, 6.45) is 1.71. The van der Waals surface area contributed by atoms with Crippen LogP contribution >= 0.6 is 0 Å². The number of amides is 1. The molecule has 6 nitrogen and oxygen atoms in total. The highest BCUT2D eigenvalue weighted by atomic mass is 16.4. The Morgan fingerprint density at radius 1 is 1.33 bits per heavy atom. The second kappa shape index (κ2) is 4.87. The van der Waals surface area contributed by atoms with Crippen LogP contribution in [-0.4, -0.2) is 44.4 Å². The first-order valence-electron chi connectivity index (χ1n) is 6.94. The molecule has 0 aromatic carbocycles. The number of imidazole rings is 1. The Kier molecular flexibility index (Phi) is 3.16. The molecule has 2 aromatic rings. The molecule has 0 radical (unpaired) electrons. The van der Waals surface area contributed by atoms with Crippen molar-refractivity contribution in [2.45, 2.75) is 13.8 Å². The molecule has 110 valence electrons. The van der Waals surface area contributed by atoms with Gasteiger partial charge in [0.25, 0.3) is 5.91 Å². The number of nitrogens with zero attached hydrogens (tertiary/aromatic N) is 3. The zero-order chi connectivity index (χ0) is 15.1. The zero-order valence-electron chi connectivity index (χ0n) is 12.0. The van der Waals surface area contributed by atoms with Crippen molar-refractivity contribution in [2.24, 2.45) is 11.8 Å². The van der Waals surface area contributed by atoms with Gasteiger partial charge in [-0.1, -0.05) is 13.0 Å². The van der Waals surface area contributed by atoms with Crippen LogP contribution in [0.5, 0.6) is 0 Å². The lowest BCUT2D eigenvalue weighted by Gasteiger charge is -2.13. The molecular formula is C15H17N3O3. The number of hydrogen-bond acceptors (Lipinski definition) is 3. The van der Waals surface area contributed by atoms with Crippen LogP contribution in [0.1, 0.15) is 23.1 Å². The largest absolute Gasteiger partial charge is 0.481 e. The Hall–Kier alpha value is -2.37. The number of carbonyl (C=O) groups excluding carboxylic acids is 1. The Labute approximate surface area is 122 Å². The number of aromatic nitrogens is 2. The fourth-order valence-electron chi connectivity index (χ4n) is 2.87. The van der Waals surface area contributed by atoms with Gasteiger partial charge in [0, 0.05) is 25.0 Å². The summed E-state index contributed by atoms with van der Waals surface area (Å²) < 4.78 is 1.86. The summed E-state index contributed by atoms with van der Waals surface area (Å²) >= 11 is 0. The minimum Gasteiger partial charge on any atom is -0.481 e. The molecule has 21 heavy (non-hydrogen) atoms. The third-order valence-corrected chi connectivity index (χ3v) is 4.13. The first kappa shape index (κ1) is 13.6. The van der Waals surface area contributed by atoms with E-state index in [9.17, 15) is 9.59 Å². The third kappa shape index (κ3) is 2.26. The highest BCUT2D eigenvalue weighted by Crippen LogP contribution is 2.24. The molecule has 3 heterocycles. The molecule has 1 aliphatic rings. The fourth-order valence-corrected chi connectivity index (χ4v) is 2.87. The molecule has 0 bridgehead atoms. The molecule has 2 aromatic heterocycles. The number of hydrogen-bond donors (Lipinski definition) is 1. The minimum absolute atomic E-state index is 0.0368. The van der Waals surface area contributed by atoms with E-state index in [0.29, 0.717) is 12.2 Å². The summed E-state index contributed by atoms with van der Waals surface area (Å²) in [7, 11) is 0. The summed E-state index contributed by atoms with van der Waals surface area (Å²) in [4.78, 5) is 29.6. The topological polar surface area (TPSA) is 74.9 Å². The standard InChI is InChI=1S/C15H17N3O3/c1-9-6-17(7-11(9)15(20)21)14(19)12-8-18-10(2)4-3-5-13(18)16-12/h3-5,8-9,11H,6-7H2,1-2H3,(H,20,21)/t9-,11-/m1/s1. The maximum absolute atomic E-state index is 12.5. The summed E-state index contributed by atoms with van der Waals surface area (Å²) in [5.74, 6) is -1.57. The Balaban J connectivity index is 1.88. The molecule has 0 unspecified atom stereocenters. The van der Waals surface area contributed by atoms with Gasteiger partial charge in [-0.15, -0.1) is 0 Å². The monoisotopic (exact) mass is 287 g/mol. The van der Waals surface area contributed by atoms with Gasteiger partial charge in [-0.05, 0) is 25.0 Å². The molecule has 0 aliphatic carbocycles. The van der Waals surface area contributed by atoms with Gasteiger partial charge in [0.2, 0.25) is 0 Å². The van der Waals surface area contributed by atoms with E-state index in [-0.39, 0.29) is 18.4 Å². The first-order valence-corrected chi connectivity index (χ1v) is 6.94. The van der Waals surface area contributed by atoms with Crippen molar-refractivity contribution in [3.05, 3.63) is 35.8 Å². The maximum Gasteiger partial charge on any atom is 0.308 e. The molecule has 2 atom stereocenters. The SMILES string of the molecule is Cc1cccc2nc(C(=O)N3C[C@@H](C)[C@H](C(=O)O)C3)cn12. The van der Waals surface area contributed by atoms with Crippen molar-refractivity contribution in [1.29, 1.82) is 0 Å². The van der Waals surface area contributed by atoms with E-state index in [1.807, 2.05) is 36.4 Å². The number of fused-ring (bicyclic) bond motifs is 1. The van der Waals surface area contributed by atoms with E-state index in [4.69, 9.17) is 5.11 Å². The van der Waals surface area contributed by atoms with E-state index in [1.165, 1.54) is 0 Å². The smallest absolute Gasteiger partial charge is 0.308 e. The predicted molar refractivity (Wildman–Crippen MR) is 76.1 cm³/mol. The molecule has 6 heteroatoms. The van der Waals surface area contributed by atoms with Gasteiger partial charge in [-0.25, -0.2) is 4.98 Å². The Morgan fingerprint density at radius 2 is 2.10 bits per heavy atom. The number of carboxylic acid groups (broad SMARTS) is 1. The molecule has 0 spiro atoms. The Morgan fingerprint density at radius 3 is 2.71 bits per heavy atom. The number of aryl methyl sites for hydroxylation is 1. The molecule has 1 fully saturated rings. The van der Waals surface area contributed by atoms with Crippen LogP contribution in [0.3, 0.4) is 0 Å². The molecule has 3 rings (SSSR count). The van der Waals surface area contributed by atoms with Crippen LogP contribution in [0.15, 0.2) is 24.4 Å². The van der Waals surface area contributed by atoms with E-state index in [0.717, 1.165) is 11.3 Å². The summed E-state index contributed by atoms with van der Waals surface area (Å²) in [6.45, 7) is 4.52. The van der Waals surface area contributed by atoms with E-state index in [1.54, 1.807) is 11.1 Å². The normalized spacial score (nSPS) is 21.9. The first-order chi connectivity index (χ1) is 9.97. The van der Waals surface area contributed by atoms with Crippen LogP contribution in [0.4, 0.5) is 0 Å². The maximum atomic E-state index is 12.5. The Bertz CT molecular complexity index is 722. The van der Waals surface area contributed by atoms with Crippen molar-refractivity contribution in [2.75, 3.05) is 13.1 Å². The van der Waals surface area contributed by atoms with Gasteiger partial charge < -0.3 is 14.4 Å². The van der Waals surface area contributed by atoms with Gasteiger partial charge in [-0.3, -0.25) is 9.59 Å². The van der Waals surface area contributed by atoms with Crippen LogP contribution in [-0.2, 0) is 4.79 Å². The summed E-state index contributed by atoms with van der Waals surface area (Å²) in [6, 6.07) is 5.68. The van der Waals surface area contributed by atoms with Gasteiger partial charge in [0.1, 0.15) is 11.3 Å². The number of pyridine rings is 1. The molecule has 1 amide bonds. The molecule has 0 saturated carbocycles. The van der Waals surface area contributed by atoms with Crippen molar-refractivity contribution in [3.8, 4) is 0 Å². The molecular weight excluding hydrogens is 270 g/mol. The summed E-state index contributed by atoms with van der Waals surface area (Å²) in [5, 5.41) is 9.15. The average molecular weight is 287 g/mol. The number of carbonyl (C=O) groups is 2. The number of rotatable bonds is 2. The second-order valence-corrected chi connectivity index (χ2v) is 5.65. The number of aliphatic carboxylic acids is 1. The minimum atomic E-state index is -0.844. The van der Waals surface area contributed by atoms with Crippen molar-refractivity contribution < 1.29 is 14.7 Å². The molecule has 1 saturated heterocycles. The van der Waals surface area contributed by atoms with Crippen LogP contribution in [0.2, 0.25) is 0 Å².